The second kappa shape index (κ2) is 5.18. The van der Waals surface area contributed by atoms with E-state index in [1.54, 1.807) is 31.1 Å². The molecule has 3 fully saturated rings. The molecule has 4 rings (SSSR count). The van der Waals surface area contributed by atoms with Crippen LogP contribution >= 0.6 is 0 Å². The normalized spacial score (nSPS) is 29.8. The number of nitrogens with zero attached hydrogens (tertiary/aromatic N) is 4. The highest BCUT2D eigenvalue weighted by Gasteiger charge is 2.54. The third-order valence-corrected chi connectivity index (χ3v) is 5.05. The SMILES string of the molecule is Cc1nccc(O[C@@H]2C(=O)N(C)[C@@H]3CN(C(=O)C4CC4)C[C@H]23)n1. The number of hydrogen-bond acceptors (Lipinski definition) is 5. The zero-order valence-corrected chi connectivity index (χ0v) is 13.3. The Morgan fingerprint density at radius 2 is 2.13 bits per heavy atom. The summed E-state index contributed by atoms with van der Waals surface area (Å²) < 4.78 is 5.88. The molecule has 7 heteroatoms. The van der Waals surface area contributed by atoms with Crippen molar-refractivity contribution in [2.75, 3.05) is 20.1 Å². The summed E-state index contributed by atoms with van der Waals surface area (Å²) in [6.07, 6.45) is 3.05. The summed E-state index contributed by atoms with van der Waals surface area (Å²) in [6, 6.07) is 1.70. The summed E-state index contributed by atoms with van der Waals surface area (Å²) in [5.41, 5.74) is 0. The van der Waals surface area contributed by atoms with Crippen molar-refractivity contribution in [1.29, 1.82) is 0 Å². The highest BCUT2D eigenvalue weighted by atomic mass is 16.5. The van der Waals surface area contributed by atoms with Gasteiger partial charge in [-0.3, -0.25) is 9.59 Å². The van der Waals surface area contributed by atoms with Gasteiger partial charge in [0.05, 0.1) is 6.04 Å². The van der Waals surface area contributed by atoms with Gasteiger partial charge in [-0.2, -0.15) is 4.98 Å². The van der Waals surface area contributed by atoms with Gasteiger partial charge in [0.25, 0.3) is 5.91 Å². The lowest BCUT2D eigenvalue weighted by molar-refractivity contribution is -0.137. The van der Waals surface area contributed by atoms with E-state index in [0.717, 1.165) is 12.8 Å². The maximum atomic E-state index is 12.5. The van der Waals surface area contributed by atoms with E-state index >= 15 is 0 Å². The first kappa shape index (κ1) is 14.4. The standard InChI is InChI=1S/C16H20N4O3/c1-9-17-6-5-13(18-9)23-14-11-7-20(15(21)10-3-4-10)8-12(11)19(2)16(14)22/h5-6,10-12,14H,3-4,7-8H2,1-2H3/t11-,12+,14-/m0/s1. The molecule has 1 aliphatic carbocycles. The summed E-state index contributed by atoms with van der Waals surface area (Å²) in [4.78, 5) is 36.7. The van der Waals surface area contributed by atoms with E-state index in [9.17, 15) is 9.59 Å². The number of aryl methyl sites for hydroxylation is 1. The molecule has 1 saturated carbocycles. The van der Waals surface area contributed by atoms with Gasteiger partial charge in [-0.15, -0.1) is 0 Å². The van der Waals surface area contributed by atoms with Crippen LogP contribution in [0.4, 0.5) is 0 Å². The highest BCUT2D eigenvalue weighted by Crippen LogP contribution is 2.37. The summed E-state index contributed by atoms with van der Waals surface area (Å²) in [6.45, 7) is 2.99. The molecule has 23 heavy (non-hydrogen) atoms. The molecular formula is C16H20N4O3. The van der Waals surface area contributed by atoms with Gasteiger partial charge < -0.3 is 14.5 Å². The van der Waals surface area contributed by atoms with Gasteiger partial charge in [-0.05, 0) is 19.8 Å². The van der Waals surface area contributed by atoms with Gasteiger partial charge >= 0.3 is 0 Å². The molecule has 2 amide bonds. The fourth-order valence-corrected chi connectivity index (χ4v) is 3.60. The second-order valence-electron chi connectivity index (χ2n) is 6.68. The predicted molar refractivity (Wildman–Crippen MR) is 80.5 cm³/mol. The van der Waals surface area contributed by atoms with Crippen LogP contribution < -0.4 is 4.74 Å². The molecule has 0 bridgehead atoms. The average Bonchev–Trinajstić information content (AvgIpc) is 3.25. The first-order valence-electron chi connectivity index (χ1n) is 8.06. The van der Waals surface area contributed by atoms with Gasteiger partial charge in [0.1, 0.15) is 5.82 Å². The Morgan fingerprint density at radius 3 is 2.83 bits per heavy atom. The predicted octanol–water partition coefficient (Wildman–Crippen LogP) is 0.241. The Labute approximate surface area is 134 Å². The van der Waals surface area contributed by atoms with Crippen LogP contribution in [0.5, 0.6) is 5.88 Å². The minimum Gasteiger partial charge on any atom is -0.464 e. The van der Waals surface area contributed by atoms with E-state index in [0.29, 0.717) is 24.8 Å². The molecule has 2 aliphatic heterocycles. The number of carbonyl (C=O) groups excluding carboxylic acids is 2. The zero-order chi connectivity index (χ0) is 16.1. The molecule has 1 aromatic heterocycles. The van der Waals surface area contributed by atoms with Crippen LogP contribution in [0.2, 0.25) is 0 Å². The molecule has 7 nitrogen and oxygen atoms in total. The van der Waals surface area contributed by atoms with Crippen molar-refractivity contribution in [3.63, 3.8) is 0 Å². The smallest absolute Gasteiger partial charge is 0.264 e. The summed E-state index contributed by atoms with van der Waals surface area (Å²) in [5.74, 6) is 1.43. The van der Waals surface area contributed by atoms with Crippen LogP contribution in [0.25, 0.3) is 0 Å². The minimum atomic E-state index is -0.573. The van der Waals surface area contributed by atoms with Crippen molar-refractivity contribution < 1.29 is 14.3 Å². The van der Waals surface area contributed by atoms with Crippen molar-refractivity contribution in [2.45, 2.75) is 31.9 Å². The van der Waals surface area contributed by atoms with E-state index in [4.69, 9.17) is 4.74 Å². The number of amides is 2. The molecule has 1 aromatic rings. The van der Waals surface area contributed by atoms with Crippen molar-refractivity contribution in [1.82, 2.24) is 19.8 Å². The molecule has 3 atom stereocenters. The quantitative estimate of drug-likeness (QED) is 0.798. The molecule has 0 aromatic carbocycles. The molecule has 122 valence electrons. The third kappa shape index (κ3) is 2.44. The Kier molecular flexibility index (Phi) is 3.25. The number of aromatic nitrogens is 2. The number of likely N-dealkylation sites (tertiary alicyclic amines) is 2. The van der Waals surface area contributed by atoms with Gasteiger partial charge in [0.15, 0.2) is 6.10 Å². The number of rotatable bonds is 3. The lowest BCUT2D eigenvalue weighted by Gasteiger charge is -2.22. The first-order chi connectivity index (χ1) is 11.0. The van der Waals surface area contributed by atoms with Gasteiger partial charge in [-0.25, -0.2) is 4.98 Å². The van der Waals surface area contributed by atoms with Crippen LogP contribution in [-0.2, 0) is 9.59 Å². The molecule has 3 heterocycles. The van der Waals surface area contributed by atoms with Crippen molar-refractivity contribution in [3.05, 3.63) is 18.1 Å². The van der Waals surface area contributed by atoms with E-state index in [-0.39, 0.29) is 29.7 Å². The van der Waals surface area contributed by atoms with E-state index in [2.05, 4.69) is 9.97 Å². The van der Waals surface area contributed by atoms with Crippen molar-refractivity contribution in [3.8, 4) is 5.88 Å². The first-order valence-corrected chi connectivity index (χ1v) is 8.06. The molecule has 0 unspecified atom stereocenters. The average molecular weight is 316 g/mol. The van der Waals surface area contributed by atoms with Crippen molar-refractivity contribution in [2.24, 2.45) is 11.8 Å². The lowest BCUT2D eigenvalue weighted by Crippen LogP contribution is -2.40. The van der Waals surface area contributed by atoms with Crippen LogP contribution in [0.3, 0.4) is 0 Å². The van der Waals surface area contributed by atoms with E-state index in [1.807, 2.05) is 4.90 Å². The summed E-state index contributed by atoms with van der Waals surface area (Å²) in [5, 5.41) is 0. The van der Waals surface area contributed by atoms with E-state index < -0.39 is 6.10 Å². The fourth-order valence-electron chi connectivity index (χ4n) is 3.60. The van der Waals surface area contributed by atoms with Crippen LogP contribution in [0.15, 0.2) is 12.3 Å². The molecule has 2 saturated heterocycles. The van der Waals surface area contributed by atoms with Crippen LogP contribution in [0.1, 0.15) is 18.7 Å². The molecule has 0 N–H and O–H groups in total. The fraction of sp³-hybridized carbons (Fsp3) is 0.625. The molecule has 0 radical (unpaired) electrons. The largest absolute Gasteiger partial charge is 0.464 e. The number of likely N-dealkylation sites (N-methyl/N-ethyl adjacent to an activating group) is 1. The Morgan fingerprint density at radius 1 is 1.35 bits per heavy atom. The Balaban J connectivity index is 1.52. The summed E-state index contributed by atoms with van der Waals surface area (Å²) >= 11 is 0. The Hall–Kier alpha value is -2.18. The second-order valence-corrected chi connectivity index (χ2v) is 6.68. The number of ether oxygens (including phenoxy) is 1. The van der Waals surface area contributed by atoms with Gasteiger partial charge in [-0.1, -0.05) is 0 Å². The van der Waals surface area contributed by atoms with Gasteiger partial charge in [0, 0.05) is 44.2 Å². The monoisotopic (exact) mass is 316 g/mol. The number of fused-ring (bicyclic) bond motifs is 1. The van der Waals surface area contributed by atoms with Crippen LogP contribution in [0, 0.1) is 18.8 Å². The number of carbonyl (C=O) groups is 2. The zero-order valence-electron chi connectivity index (χ0n) is 13.3. The molecular weight excluding hydrogens is 296 g/mol. The maximum absolute atomic E-state index is 12.5. The summed E-state index contributed by atoms with van der Waals surface area (Å²) in [7, 11) is 1.79. The lowest BCUT2D eigenvalue weighted by atomic mass is 10.0. The van der Waals surface area contributed by atoms with Crippen LogP contribution in [-0.4, -0.2) is 63.9 Å². The maximum Gasteiger partial charge on any atom is 0.264 e. The third-order valence-electron chi connectivity index (χ3n) is 5.05. The molecule has 3 aliphatic rings. The topological polar surface area (TPSA) is 75.6 Å². The van der Waals surface area contributed by atoms with E-state index in [1.165, 1.54) is 0 Å². The van der Waals surface area contributed by atoms with Crippen molar-refractivity contribution >= 4 is 11.8 Å². The number of hydrogen-bond donors (Lipinski definition) is 0. The Bertz CT molecular complexity index is 660. The van der Waals surface area contributed by atoms with Gasteiger partial charge in [0.2, 0.25) is 11.8 Å². The highest BCUT2D eigenvalue weighted by molar-refractivity contribution is 5.86. The minimum absolute atomic E-state index is 0.00507. The molecule has 0 spiro atoms.